The van der Waals surface area contributed by atoms with E-state index in [0.717, 1.165) is 0 Å². The molecule has 0 unspecified atom stereocenters. The monoisotopic (exact) mass is 164 g/mol. The average Bonchev–Trinajstić information content (AvgIpc) is 2.32. The Morgan fingerprint density at radius 1 is 1.82 bits per heavy atom. The number of carbonyl (C=O) groups excluding carboxylic acids is 1. The van der Waals surface area contributed by atoms with Gasteiger partial charge in [0.1, 0.15) is 12.6 Å². The Hall–Kier alpha value is -0.680. The predicted octanol–water partition coefficient (Wildman–Crippen LogP) is -2.20. The highest BCUT2D eigenvalue weighted by Gasteiger charge is 2.44. The highest BCUT2D eigenvalue weighted by Crippen LogP contribution is 2.06. The van der Waals surface area contributed by atoms with Gasteiger partial charge in [-0.2, -0.15) is 0 Å². The summed E-state index contributed by atoms with van der Waals surface area (Å²) < 4.78 is 17.2. The Bertz CT molecular complexity index is 164. The quantitative estimate of drug-likeness (QED) is 0.432. The summed E-state index contributed by atoms with van der Waals surface area (Å²) in [6.07, 6.45) is -2.54. The second-order valence-electron chi connectivity index (χ2n) is 2.53. The summed E-state index contributed by atoms with van der Waals surface area (Å²) in [5.41, 5.74) is 0. The third-order valence-corrected chi connectivity index (χ3v) is 1.82. The fourth-order valence-corrected chi connectivity index (χ4v) is 1.15. The second kappa shape index (κ2) is 3.15. The maximum absolute atomic E-state index is 12.8. The van der Waals surface area contributed by atoms with Crippen LogP contribution in [-0.4, -0.2) is 43.0 Å². The average molecular weight is 164 g/mol. The number of esters is 1. The number of nitrogens with two attached hydrogens (primary N) is 1. The van der Waals surface area contributed by atoms with Crippen LogP contribution in [-0.2, 0) is 9.53 Å². The summed E-state index contributed by atoms with van der Waals surface area (Å²) in [7, 11) is 1.20. The van der Waals surface area contributed by atoms with Crippen LogP contribution in [0.25, 0.3) is 0 Å². The lowest BCUT2D eigenvalue weighted by atomic mass is 10.2. The fourth-order valence-electron chi connectivity index (χ4n) is 1.15. The van der Waals surface area contributed by atoms with Crippen LogP contribution in [0.15, 0.2) is 0 Å². The van der Waals surface area contributed by atoms with Gasteiger partial charge in [-0.3, -0.25) is 0 Å². The Kier molecular flexibility index (Phi) is 2.41. The molecule has 5 heteroatoms. The minimum atomic E-state index is -1.50. The molecule has 11 heavy (non-hydrogen) atoms. The molecule has 1 fully saturated rings. The second-order valence-corrected chi connectivity index (χ2v) is 2.53. The first-order valence-corrected chi connectivity index (χ1v) is 3.40. The van der Waals surface area contributed by atoms with Crippen molar-refractivity contribution >= 4 is 5.97 Å². The molecule has 0 aromatic carbocycles. The molecule has 0 radical (unpaired) electrons. The zero-order valence-electron chi connectivity index (χ0n) is 6.16. The number of alkyl halides is 1. The van der Waals surface area contributed by atoms with Crippen LogP contribution < -0.4 is 5.32 Å². The first-order chi connectivity index (χ1) is 5.16. The molecule has 0 amide bonds. The first kappa shape index (κ1) is 8.42. The lowest BCUT2D eigenvalue weighted by molar-refractivity contribution is -0.663. The van der Waals surface area contributed by atoms with Crippen molar-refractivity contribution in [3.8, 4) is 0 Å². The number of methoxy groups -OCH3 is 1. The van der Waals surface area contributed by atoms with E-state index >= 15 is 0 Å². The molecule has 0 aromatic heterocycles. The zero-order valence-corrected chi connectivity index (χ0v) is 6.16. The number of aliphatic hydroxyl groups is 1. The number of hydrogen-bond acceptors (Lipinski definition) is 3. The van der Waals surface area contributed by atoms with Gasteiger partial charge < -0.3 is 15.2 Å². The van der Waals surface area contributed by atoms with Gasteiger partial charge in [-0.25, -0.2) is 9.18 Å². The van der Waals surface area contributed by atoms with Crippen molar-refractivity contribution in [1.82, 2.24) is 0 Å². The number of halogens is 1. The fraction of sp³-hybridized carbons (Fsp3) is 0.833. The highest BCUT2D eigenvalue weighted by atomic mass is 19.1. The van der Waals surface area contributed by atoms with E-state index in [-0.39, 0.29) is 6.54 Å². The van der Waals surface area contributed by atoms with E-state index in [1.165, 1.54) is 12.4 Å². The van der Waals surface area contributed by atoms with Crippen LogP contribution in [0.2, 0.25) is 0 Å². The van der Waals surface area contributed by atoms with Gasteiger partial charge in [0, 0.05) is 0 Å². The van der Waals surface area contributed by atoms with Crippen molar-refractivity contribution < 1.29 is 24.3 Å². The maximum Gasteiger partial charge on any atom is 0.367 e. The van der Waals surface area contributed by atoms with Gasteiger partial charge in [0.15, 0.2) is 6.17 Å². The molecule has 0 saturated carbocycles. The lowest BCUT2D eigenvalue weighted by Gasteiger charge is -2.06. The maximum atomic E-state index is 12.8. The van der Waals surface area contributed by atoms with Crippen molar-refractivity contribution in [3.63, 3.8) is 0 Å². The lowest BCUT2D eigenvalue weighted by Crippen LogP contribution is -2.90. The highest BCUT2D eigenvalue weighted by molar-refractivity contribution is 5.75. The van der Waals surface area contributed by atoms with Gasteiger partial charge in [-0.05, 0) is 0 Å². The molecule has 3 atom stereocenters. The number of hydrogen-bond donors (Lipinski definition) is 2. The molecule has 0 bridgehead atoms. The van der Waals surface area contributed by atoms with Gasteiger partial charge in [0.2, 0.25) is 6.04 Å². The van der Waals surface area contributed by atoms with Gasteiger partial charge >= 0.3 is 5.97 Å². The number of rotatable bonds is 1. The van der Waals surface area contributed by atoms with Gasteiger partial charge in [0.25, 0.3) is 0 Å². The smallest absolute Gasteiger partial charge is 0.367 e. The molecule has 4 nitrogen and oxygen atoms in total. The van der Waals surface area contributed by atoms with E-state index in [9.17, 15) is 9.18 Å². The van der Waals surface area contributed by atoms with E-state index in [1.807, 2.05) is 0 Å². The van der Waals surface area contributed by atoms with E-state index in [0.29, 0.717) is 0 Å². The molecule has 3 N–H and O–H groups in total. The molecule has 0 aromatic rings. The minimum absolute atomic E-state index is 0.223. The van der Waals surface area contributed by atoms with Crippen LogP contribution >= 0.6 is 0 Å². The van der Waals surface area contributed by atoms with E-state index in [4.69, 9.17) is 5.11 Å². The predicted molar refractivity (Wildman–Crippen MR) is 33.5 cm³/mol. The van der Waals surface area contributed by atoms with E-state index < -0.39 is 24.3 Å². The van der Waals surface area contributed by atoms with Crippen LogP contribution in [0.4, 0.5) is 4.39 Å². The molecule has 0 aliphatic carbocycles. The van der Waals surface area contributed by atoms with Crippen LogP contribution in [0, 0.1) is 0 Å². The summed E-state index contributed by atoms with van der Waals surface area (Å²) in [5, 5.41) is 10.3. The van der Waals surface area contributed by atoms with Crippen LogP contribution in [0.3, 0.4) is 0 Å². The summed E-state index contributed by atoms with van der Waals surface area (Å²) in [5.74, 6) is -0.617. The van der Waals surface area contributed by atoms with Gasteiger partial charge in [-0.15, -0.1) is 0 Å². The van der Waals surface area contributed by atoms with Gasteiger partial charge in [-0.1, -0.05) is 0 Å². The Labute approximate surface area is 63.3 Å². The van der Waals surface area contributed by atoms with Crippen molar-refractivity contribution in [1.29, 1.82) is 0 Å². The molecule has 1 aliphatic heterocycles. The van der Waals surface area contributed by atoms with E-state index in [2.05, 4.69) is 4.74 Å². The molecule has 64 valence electrons. The number of carbonyl (C=O) groups is 1. The topological polar surface area (TPSA) is 63.1 Å². The molecule has 1 rings (SSSR count). The Morgan fingerprint density at radius 2 is 2.45 bits per heavy atom. The normalized spacial score (nSPS) is 37.2. The molecular weight excluding hydrogens is 153 g/mol. The largest absolute Gasteiger partial charge is 0.465 e. The zero-order chi connectivity index (χ0) is 8.43. The Balaban J connectivity index is 2.54. The van der Waals surface area contributed by atoms with Crippen LogP contribution in [0.1, 0.15) is 0 Å². The molecule has 1 saturated heterocycles. The summed E-state index contributed by atoms with van der Waals surface area (Å²) in [6.45, 7) is 0.223. The van der Waals surface area contributed by atoms with E-state index in [1.54, 1.807) is 0 Å². The van der Waals surface area contributed by atoms with Crippen molar-refractivity contribution in [2.75, 3.05) is 13.7 Å². The summed E-state index contributed by atoms with van der Waals surface area (Å²) in [4.78, 5) is 10.8. The summed E-state index contributed by atoms with van der Waals surface area (Å²) >= 11 is 0. The summed E-state index contributed by atoms with van der Waals surface area (Å²) in [6, 6.07) is -0.880. The molecule has 1 heterocycles. The van der Waals surface area contributed by atoms with Crippen molar-refractivity contribution in [2.45, 2.75) is 18.3 Å². The number of ether oxygens (including phenoxy) is 1. The SMILES string of the molecule is COC(=O)[C@H]1[NH2+]C[C@H](O)[C@H]1F. The van der Waals surface area contributed by atoms with Crippen molar-refractivity contribution in [3.05, 3.63) is 0 Å². The molecular formula is C6H11FNO3+. The third-order valence-electron chi connectivity index (χ3n) is 1.82. The van der Waals surface area contributed by atoms with Crippen LogP contribution in [0.5, 0.6) is 0 Å². The Morgan fingerprint density at radius 3 is 2.82 bits per heavy atom. The molecule has 0 spiro atoms. The van der Waals surface area contributed by atoms with Gasteiger partial charge in [0.05, 0.1) is 7.11 Å². The number of quaternary nitrogens is 1. The minimum Gasteiger partial charge on any atom is -0.465 e. The number of aliphatic hydroxyl groups excluding tert-OH is 1. The third kappa shape index (κ3) is 1.49. The van der Waals surface area contributed by atoms with Crippen molar-refractivity contribution in [2.24, 2.45) is 0 Å². The molecule has 1 aliphatic rings. The standard InChI is InChI=1S/C6H10FNO3/c1-11-6(10)5-4(7)3(9)2-8-5/h3-5,8-9H,2H2,1H3/p+1/t3-,4+,5-/m0/s1. The first-order valence-electron chi connectivity index (χ1n) is 3.40.